The number of rotatable bonds is 2. The summed E-state index contributed by atoms with van der Waals surface area (Å²) < 4.78 is 41.5. The maximum absolute atomic E-state index is 12.3. The van der Waals surface area contributed by atoms with Crippen molar-refractivity contribution in [3.8, 4) is 0 Å². The van der Waals surface area contributed by atoms with Crippen LogP contribution in [-0.4, -0.2) is 11.2 Å². The summed E-state index contributed by atoms with van der Waals surface area (Å²) in [5.74, 6) is -0.755. The van der Waals surface area contributed by atoms with E-state index in [1.165, 1.54) is 6.07 Å². The largest absolute Gasteiger partial charge is 0.456 e. The molecular formula is C10H11F3O2. The molecule has 1 saturated carbocycles. The molecule has 2 nitrogen and oxygen atoms in total. The molecule has 15 heavy (non-hydrogen) atoms. The fourth-order valence-corrected chi connectivity index (χ4v) is 1.76. The lowest BCUT2D eigenvalue weighted by Crippen LogP contribution is -2.21. The smallest absolute Gasteiger partial charge is 0.449 e. The van der Waals surface area contributed by atoms with Gasteiger partial charge in [-0.25, -0.2) is 0 Å². The molecule has 5 heteroatoms. The third-order valence-corrected chi connectivity index (χ3v) is 2.96. The summed E-state index contributed by atoms with van der Waals surface area (Å²) in [6.07, 6.45) is -3.78. The molecule has 1 fully saturated rings. The Morgan fingerprint density at radius 2 is 2.00 bits per heavy atom. The first-order valence-corrected chi connectivity index (χ1v) is 4.72. The van der Waals surface area contributed by atoms with Crippen LogP contribution in [0.3, 0.4) is 0 Å². The van der Waals surface area contributed by atoms with Crippen LogP contribution in [0.5, 0.6) is 0 Å². The van der Waals surface area contributed by atoms with Gasteiger partial charge in [-0.3, -0.25) is 0 Å². The lowest BCUT2D eigenvalue weighted by atomic mass is 9.98. The van der Waals surface area contributed by atoms with E-state index in [0.717, 1.165) is 6.07 Å². The van der Waals surface area contributed by atoms with Crippen LogP contribution < -0.4 is 0 Å². The summed E-state index contributed by atoms with van der Waals surface area (Å²) >= 11 is 0. The van der Waals surface area contributed by atoms with Crippen LogP contribution >= 0.6 is 0 Å². The van der Waals surface area contributed by atoms with Crippen molar-refractivity contribution in [2.45, 2.75) is 37.5 Å². The quantitative estimate of drug-likeness (QED) is 0.831. The molecule has 1 aliphatic carbocycles. The van der Waals surface area contributed by atoms with Crippen molar-refractivity contribution in [2.24, 2.45) is 0 Å². The Morgan fingerprint density at radius 1 is 1.40 bits per heavy atom. The van der Waals surface area contributed by atoms with Gasteiger partial charge >= 0.3 is 6.18 Å². The zero-order chi connectivity index (χ0) is 11.3. The second kappa shape index (κ2) is 3.01. The van der Waals surface area contributed by atoms with Crippen molar-refractivity contribution < 1.29 is 22.7 Å². The van der Waals surface area contributed by atoms with Gasteiger partial charge in [0.2, 0.25) is 5.76 Å². The minimum atomic E-state index is -4.45. The number of alkyl halides is 3. The number of hydrogen-bond acceptors (Lipinski definition) is 2. The molecular weight excluding hydrogens is 209 g/mol. The molecule has 0 saturated heterocycles. The highest BCUT2D eigenvalue weighted by atomic mass is 19.4. The predicted molar refractivity (Wildman–Crippen MR) is 46.3 cm³/mol. The highest BCUT2D eigenvalue weighted by Crippen LogP contribution is 2.52. The monoisotopic (exact) mass is 220 g/mol. The summed E-state index contributed by atoms with van der Waals surface area (Å²) in [7, 11) is 0. The molecule has 0 spiro atoms. The molecule has 84 valence electrons. The highest BCUT2D eigenvalue weighted by Gasteiger charge is 2.52. The summed E-state index contributed by atoms with van der Waals surface area (Å²) in [6, 6.07) is 2.22. The minimum Gasteiger partial charge on any atom is -0.456 e. The zero-order valence-corrected chi connectivity index (χ0v) is 8.14. The second-order valence-electron chi connectivity index (χ2n) is 3.99. The van der Waals surface area contributed by atoms with E-state index >= 15 is 0 Å². The topological polar surface area (TPSA) is 33.4 Å². The average molecular weight is 220 g/mol. The fraction of sp³-hybridized carbons (Fsp3) is 0.600. The number of aliphatic hydroxyl groups excluding tert-OH is 1. The standard InChI is InChI=1S/C10H11F3O2/c1-6(14)9(4-5-9)7-2-3-8(15-7)10(11,12)13/h2-3,6,14H,4-5H2,1H3. The molecule has 0 aromatic carbocycles. The van der Waals surface area contributed by atoms with E-state index in [1.807, 2.05) is 0 Å². The molecule has 1 aliphatic rings. The van der Waals surface area contributed by atoms with Crippen molar-refractivity contribution in [1.29, 1.82) is 0 Å². The molecule has 1 aromatic heterocycles. The molecule has 0 bridgehead atoms. The van der Waals surface area contributed by atoms with E-state index < -0.39 is 23.5 Å². The van der Waals surface area contributed by atoms with Crippen LogP contribution in [0.25, 0.3) is 0 Å². The summed E-state index contributed by atoms with van der Waals surface area (Å²) in [5, 5.41) is 9.47. The Hall–Kier alpha value is -0.970. The number of aliphatic hydroxyl groups is 1. The van der Waals surface area contributed by atoms with Crippen LogP contribution in [0, 0.1) is 0 Å². The predicted octanol–water partition coefficient (Wildman–Crippen LogP) is 2.71. The minimum absolute atomic E-state index is 0.241. The number of halogens is 3. The van der Waals surface area contributed by atoms with Gasteiger partial charge in [0.15, 0.2) is 0 Å². The molecule has 1 N–H and O–H groups in total. The van der Waals surface area contributed by atoms with Crippen molar-refractivity contribution in [3.05, 3.63) is 23.7 Å². The van der Waals surface area contributed by atoms with Gasteiger partial charge in [-0.2, -0.15) is 13.2 Å². The first-order chi connectivity index (χ1) is 6.86. The SMILES string of the molecule is CC(O)C1(c2ccc(C(F)(F)F)o2)CC1. The van der Waals surface area contributed by atoms with Crippen LogP contribution in [0.1, 0.15) is 31.3 Å². The van der Waals surface area contributed by atoms with Gasteiger partial charge in [-0.15, -0.1) is 0 Å². The van der Waals surface area contributed by atoms with Crippen molar-refractivity contribution in [3.63, 3.8) is 0 Å². The van der Waals surface area contributed by atoms with Gasteiger partial charge in [0.25, 0.3) is 0 Å². The first-order valence-electron chi connectivity index (χ1n) is 4.72. The Morgan fingerprint density at radius 3 is 2.33 bits per heavy atom. The summed E-state index contributed by atoms with van der Waals surface area (Å²) in [4.78, 5) is 0. The van der Waals surface area contributed by atoms with Gasteiger partial charge in [0, 0.05) is 0 Å². The number of furan rings is 1. The normalized spacial score (nSPS) is 21.4. The maximum atomic E-state index is 12.3. The van der Waals surface area contributed by atoms with Gasteiger partial charge < -0.3 is 9.52 Å². The Kier molecular flexibility index (Phi) is 2.12. The summed E-state index contributed by atoms with van der Waals surface area (Å²) in [5.41, 5.74) is -0.580. The third kappa shape index (κ3) is 1.65. The Labute approximate surface area is 84.7 Å². The molecule has 1 heterocycles. The fourth-order valence-electron chi connectivity index (χ4n) is 1.76. The van der Waals surface area contributed by atoms with Crippen LogP contribution in [0.2, 0.25) is 0 Å². The van der Waals surface area contributed by atoms with E-state index in [4.69, 9.17) is 4.42 Å². The molecule has 1 unspecified atom stereocenters. The Bertz CT molecular complexity index is 361. The Balaban J connectivity index is 2.29. The zero-order valence-electron chi connectivity index (χ0n) is 8.14. The van der Waals surface area contributed by atoms with Crippen molar-refractivity contribution in [2.75, 3.05) is 0 Å². The van der Waals surface area contributed by atoms with Crippen LogP contribution in [-0.2, 0) is 11.6 Å². The average Bonchev–Trinajstić information content (AvgIpc) is 2.75. The molecule has 0 radical (unpaired) electrons. The van der Waals surface area contributed by atoms with Gasteiger partial charge in [-0.05, 0) is 31.9 Å². The van der Waals surface area contributed by atoms with Crippen LogP contribution in [0.4, 0.5) is 13.2 Å². The first kappa shape index (κ1) is 10.5. The van der Waals surface area contributed by atoms with E-state index in [0.29, 0.717) is 12.8 Å². The number of hydrogen-bond donors (Lipinski definition) is 1. The highest BCUT2D eigenvalue weighted by molar-refractivity contribution is 5.26. The molecule has 0 amide bonds. The molecule has 1 atom stereocenters. The lowest BCUT2D eigenvalue weighted by molar-refractivity contribution is -0.153. The van der Waals surface area contributed by atoms with Gasteiger partial charge in [-0.1, -0.05) is 0 Å². The lowest BCUT2D eigenvalue weighted by Gasteiger charge is -2.15. The van der Waals surface area contributed by atoms with E-state index in [-0.39, 0.29) is 5.76 Å². The third-order valence-electron chi connectivity index (χ3n) is 2.96. The summed E-state index contributed by atoms with van der Waals surface area (Å²) in [6.45, 7) is 1.57. The van der Waals surface area contributed by atoms with Gasteiger partial charge in [0.05, 0.1) is 11.5 Å². The van der Waals surface area contributed by atoms with E-state index in [2.05, 4.69) is 0 Å². The van der Waals surface area contributed by atoms with E-state index in [1.54, 1.807) is 6.92 Å². The molecule has 0 aliphatic heterocycles. The van der Waals surface area contributed by atoms with Crippen molar-refractivity contribution >= 4 is 0 Å². The second-order valence-corrected chi connectivity index (χ2v) is 3.99. The molecule has 1 aromatic rings. The van der Waals surface area contributed by atoms with Gasteiger partial charge in [0.1, 0.15) is 5.76 Å². The maximum Gasteiger partial charge on any atom is 0.449 e. The van der Waals surface area contributed by atoms with E-state index in [9.17, 15) is 18.3 Å². The molecule has 2 rings (SSSR count). The van der Waals surface area contributed by atoms with Crippen molar-refractivity contribution in [1.82, 2.24) is 0 Å². The van der Waals surface area contributed by atoms with Crippen LogP contribution in [0.15, 0.2) is 16.5 Å².